The Labute approximate surface area is 446 Å². The number of benzene rings is 8. The lowest BCUT2D eigenvalue weighted by Gasteiger charge is -2.20. The summed E-state index contributed by atoms with van der Waals surface area (Å²) in [5.74, 6) is 1.39. The molecule has 3 heterocycles. The van der Waals surface area contributed by atoms with Crippen LogP contribution in [0.2, 0.25) is 0 Å². The fourth-order valence-corrected chi connectivity index (χ4v) is 10.6. The number of nitrogens with zero attached hydrogens (tertiary/aromatic N) is 7. The SMILES string of the molecule is CC(C)(C)c1ccc2c(c1)c1cc(C(C)(C)C)ccc1n2-c1ccc(C#N)cc1-c1nc(-c2ccccc2)nc(-c2cc(-c3cccc(C#N)c3)ccc2-n2c3ccc(C(C)(C)C)cc3c3cc(C(C)(C)C)ccc32)n1. The molecule has 0 amide bonds. The molecule has 7 nitrogen and oxygen atoms in total. The van der Waals surface area contributed by atoms with Gasteiger partial charge in [-0.1, -0.05) is 156 Å². The normalized spacial score (nSPS) is 12.4. The average molecular weight is 990 g/mol. The minimum absolute atomic E-state index is 0.0718. The second kappa shape index (κ2) is 18.0. The first kappa shape index (κ1) is 49.6. The third kappa shape index (κ3) is 8.80. The van der Waals surface area contributed by atoms with Crippen molar-refractivity contribution in [2.75, 3.05) is 0 Å². The highest BCUT2D eigenvalue weighted by Gasteiger charge is 2.27. The molecule has 0 radical (unpaired) electrons. The molecule has 3 aromatic heterocycles. The molecule has 0 aliphatic rings. The van der Waals surface area contributed by atoms with Crippen LogP contribution in [0.1, 0.15) is 116 Å². The highest BCUT2D eigenvalue weighted by molar-refractivity contribution is 6.11. The molecular formula is C69H63N7. The zero-order chi connectivity index (χ0) is 53.6. The van der Waals surface area contributed by atoms with Crippen LogP contribution in [0.5, 0.6) is 0 Å². The monoisotopic (exact) mass is 990 g/mol. The van der Waals surface area contributed by atoms with E-state index in [4.69, 9.17) is 15.0 Å². The van der Waals surface area contributed by atoms with E-state index in [-0.39, 0.29) is 21.7 Å². The summed E-state index contributed by atoms with van der Waals surface area (Å²) in [5, 5.41) is 25.3. The van der Waals surface area contributed by atoms with Crippen LogP contribution in [0.15, 0.2) is 164 Å². The van der Waals surface area contributed by atoms with Crippen LogP contribution < -0.4 is 0 Å². The molecular weight excluding hydrogens is 927 g/mol. The Morgan fingerprint density at radius 2 is 0.697 bits per heavy atom. The Morgan fingerprint density at radius 3 is 1.12 bits per heavy atom. The minimum Gasteiger partial charge on any atom is -0.309 e. The molecule has 0 fully saturated rings. The molecule has 0 aliphatic carbocycles. The van der Waals surface area contributed by atoms with E-state index in [1.807, 2.05) is 72.8 Å². The Bertz CT molecular complexity index is 4080. The zero-order valence-corrected chi connectivity index (χ0v) is 45.7. The summed E-state index contributed by atoms with van der Waals surface area (Å²) >= 11 is 0. The molecule has 11 aromatic rings. The first-order chi connectivity index (χ1) is 36.1. The van der Waals surface area contributed by atoms with E-state index in [9.17, 15) is 10.5 Å². The number of rotatable bonds is 6. The summed E-state index contributed by atoms with van der Waals surface area (Å²) in [4.78, 5) is 16.4. The molecule has 8 aromatic carbocycles. The first-order valence-electron chi connectivity index (χ1n) is 26.3. The Balaban J connectivity index is 1.24. The van der Waals surface area contributed by atoms with Crippen LogP contribution in [0.3, 0.4) is 0 Å². The van der Waals surface area contributed by atoms with E-state index in [2.05, 4.69) is 195 Å². The van der Waals surface area contributed by atoms with Gasteiger partial charge in [0.1, 0.15) is 0 Å². The predicted molar refractivity (Wildman–Crippen MR) is 314 cm³/mol. The Hall–Kier alpha value is -8.65. The lowest BCUT2D eigenvalue weighted by Crippen LogP contribution is -2.10. The van der Waals surface area contributed by atoms with Gasteiger partial charge in [-0.2, -0.15) is 10.5 Å². The Kier molecular flexibility index (Phi) is 11.8. The van der Waals surface area contributed by atoms with Crippen LogP contribution in [0, 0.1) is 22.7 Å². The lowest BCUT2D eigenvalue weighted by atomic mass is 9.85. The molecule has 0 atom stereocenters. The van der Waals surface area contributed by atoms with E-state index in [1.54, 1.807) is 0 Å². The summed E-state index contributed by atoms with van der Waals surface area (Å²) in [6.07, 6.45) is 0. The van der Waals surface area contributed by atoms with Gasteiger partial charge in [0.2, 0.25) is 0 Å². The van der Waals surface area contributed by atoms with Crippen molar-refractivity contribution in [3.05, 3.63) is 197 Å². The second-order valence-corrected chi connectivity index (χ2v) is 24.5. The van der Waals surface area contributed by atoms with Gasteiger partial charge in [0, 0.05) is 38.2 Å². The van der Waals surface area contributed by atoms with E-state index >= 15 is 0 Å². The van der Waals surface area contributed by atoms with E-state index in [0.717, 1.165) is 66.5 Å². The standard InChI is InChI=1S/C69H63N7/c1-66(2,3)47-23-29-57-51(36-47)52-37-48(67(4,5)6)24-30-58(52)75(57)61-27-21-43(41-71)34-55(61)64-72-63(44-18-14-13-15-19-44)73-65(74-64)56-35-46(45-20-16-17-42(33-45)40-70)22-28-62(56)76-59-31-25-49(68(7,8)9)38-53(59)54-39-50(69(10,11)12)26-32-60(54)76/h13-39H,1-12H3. The molecule has 11 rings (SSSR count). The topological polar surface area (TPSA) is 96.1 Å². The molecule has 0 N–H and O–H groups in total. The second-order valence-electron chi connectivity index (χ2n) is 24.5. The maximum Gasteiger partial charge on any atom is 0.166 e. The van der Waals surface area contributed by atoms with Crippen LogP contribution in [0.4, 0.5) is 0 Å². The Morgan fingerprint density at radius 1 is 0.329 bits per heavy atom. The molecule has 0 spiro atoms. The summed E-state index contributed by atoms with van der Waals surface area (Å²) in [5.41, 5.74) is 15.8. The fraction of sp³-hybridized carbons (Fsp3) is 0.232. The summed E-state index contributed by atoms with van der Waals surface area (Å²) < 4.78 is 4.67. The summed E-state index contributed by atoms with van der Waals surface area (Å²) in [6.45, 7) is 27.1. The average Bonchev–Trinajstić information content (AvgIpc) is 4.00. The van der Waals surface area contributed by atoms with Gasteiger partial charge in [0.25, 0.3) is 0 Å². The third-order valence-corrected chi connectivity index (χ3v) is 15.1. The van der Waals surface area contributed by atoms with Gasteiger partial charge in [-0.05, 0) is 146 Å². The van der Waals surface area contributed by atoms with Crippen molar-refractivity contribution >= 4 is 43.6 Å². The number of hydrogen-bond donors (Lipinski definition) is 0. The highest BCUT2D eigenvalue weighted by Crippen LogP contribution is 2.44. The molecule has 0 saturated heterocycles. The van der Waals surface area contributed by atoms with Crippen LogP contribution in [-0.4, -0.2) is 24.1 Å². The number of hydrogen-bond acceptors (Lipinski definition) is 5. The number of fused-ring (bicyclic) bond motifs is 6. The first-order valence-corrected chi connectivity index (χ1v) is 26.3. The molecule has 0 unspecified atom stereocenters. The van der Waals surface area contributed by atoms with Crippen molar-refractivity contribution < 1.29 is 0 Å². The maximum atomic E-state index is 10.6. The van der Waals surface area contributed by atoms with Crippen LogP contribution in [-0.2, 0) is 21.7 Å². The molecule has 0 saturated carbocycles. The summed E-state index contributed by atoms with van der Waals surface area (Å²) in [7, 11) is 0. The molecule has 0 bridgehead atoms. The maximum absolute atomic E-state index is 10.6. The van der Waals surface area contributed by atoms with E-state index in [0.29, 0.717) is 34.2 Å². The van der Waals surface area contributed by atoms with Crippen molar-refractivity contribution in [3.63, 3.8) is 0 Å². The van der Waals surface area contributed by atoms with Gasteiger partial charge in [-0.25, -0.2) is 15.0 Å². The molecule has 374 valence electrons. The largest absolute Gasteiger partial charge is 0.309 e. The molecule has 7 heteroatoms. The number of nitriles is 2. The van der Waals surface area contributed by atoms with E-state index < -0.39 is 0 Å². The van der Waals surface area contributed by atoms with Crippen molar-refractivity contribution in [1.29, 1.82) is 10.5 Å². The van der Waals surface area contributed by atoms with E-state index in [1.165, 1.54) is 33.0 Å². The van der Waals surface area contributed by atoms with Gasteiger partial charge < -0.3 is 9.13 Å². The van der Waals surface area contributed by atoms with Crippen molar-refractivity contribution in [1.82, 2.24) is 24.1 Å². The zero-order valence-electron chi connectivity index (χ0n) is 45.7. The van der Waals surface area contributed by atoms with Crippen molar-refractivity contribution in [2.24, 2.45) is 0 Å². The number of aromatic nitrogens is 5. The van der Waals surface area contributed by atoms with Gasteiger partial charge in [0.15, 0.2) is 17.5 Å². The lowest BCUT2D eigenvalue weighted by molar-refractivity contribution is 0.590. The third-order valence-electron chi connectivity index (χ3n) is 15.1. The summed E-state index contributed by atoms with van der Waals surface area (Å²) in [6, 6.07) is 62.3. The smallest absolute Gasteiger partial charge is 0.166 e. The van der Waals surface area contributed by atoms with Gasteiger partial charge >= 0.3 is 0 Å². The predicted octanol–water partition coefficient (Wildman–Crippen LogP) is 17.7. The van der Waals surface area contributed by atoms with Gasteiger partial charge in [0.05, 0.1) is 56.7 Å². The van der Waals surface area contributed by atoms with Gasteiger partial charge in [-0.15, -0.1) is 0 Å². The van der Waals surface area contributed by atoms with Crippen molar-refractivity contribution in [3.8, 4) is 68.8 Å². The minimum atomic E-state index is -0.0736. The van der Waals surface area contributed by atoms with Crippen molar-refractivity contribution in [2.45, 2.75) is 105 Å². The van der Waals surface area contributed by atoms with Crippen LogP contribution in [0.25, 0.3) is 100 Å². The fourth-order valence-electron chi connectivity index (χ4n) is 10.6. The molecule has 76 heavy (non-hydrogen) atoms. The quantitative estimate of drug-likeness (QED) is 0.165. The highest BCUT2D eigenvalue weighted by atomic mass is 15.1. The van der Waals surface area contributed by atoms with Crippen LogP contribution >= 0.6 is 0 Å². The molecule has 0 aliphatic heterocycles. The van der Waals surface area contributed by atoms with Gasteiger partial charge in [-0.3, -0.25) is 0 Å².